The fraction of sp³-hybridized carbons (Fsp3) is 0.529. The van der Waals surface area contributed by atoms with Gasteiger partial charge in [0.15, 0.2) is 0 Å². The van der Waals surface area contributed by atoms with Crippen molar-refractivity contribution < 1.29 is 5.11 Å². The Morgan fingerprint density at radius 3 is 3.00 bits per heavy atom. The molecule has 0 spiro atoms. The molecule has 0 amide bonds. The second-order valence-corrected chi connectivity index (χ2v) is 6.32. The van der Waals surface area contributed by atoms with E-state index >= 15 is 0 Å². The molecule has 1 aliphatic rings. The van der Waals surface area contributed by atoms with E-state index in [4.69, 9.17) is 5.26 Å². The summed E-state index contributed by atoms with van der Waals surface area (Å²) in [5.74, 6) is 0.368. The molecule has 22 heavy (non-hydrogen) atoms. The van der Waals surface area contributed by atoms with Gasteiger partial charge in [-0.2, -0.15) is 5.26 Å². The number of aliphatic hydroxyl groups is 1. The third-order valence-electron chi connectivity index (χ3n) is 4.56. The Morgan fingerprint density at radius 1 is 1.41 bits per heavy atom. The third-order valence-corrected chi connectivity index (χ3v) is 4.56. The van der Waals surface area contributed by atoms with Gasteiger partial charge in [0.05, 0.1) is 23.6 Å². The van der Waals surface area contributed by atoms with E-state index in [1.807, 2.05) is 22.9 Å². The van der Waals surface area contributed by atoms with Crippen LogP contribution in [0.15, 0.2) is 24.5 Å². The summed E-state index contributed by atoms with van der Waals surface area (Å²) in [4.78, 5) is 6.62. The van der Waals surface area contributed by atoms with Crippen molar-refractivity contribution in [3.05, 3.63) is 35.8 Å². The second kappa shape index (κ2) is 6.47. The first-order chi connectivity index (χ1) is 10.7. The summed E-state index contributed by atoms with van der Waals surface area (Å²) in [6, 6.07) is 5.82. The molecule has 3 rings (SSSR count). The topological polar surface area (TPSA) is 64.6 Å². The summed E-state index contributed by atoms with van der Waals surface area (Å²) < 4.78 is 1.98. The molecule has 1 N–H and O–H groups in total. The molecule has 0 bridgehead atoms. The normalized spacial score (nSPS) is 22.1. The van der Waals surface area contributed by atoms with Crippen LogP contribution < -0.4 is 0 Å². The number of hydrogen-bond acceptors (Lipinski definition) is 4. The molecule has 1 aliphatic carbocycles. The summed E-state index contributed by atoms with van der Waals surface area (Å²) in [7, 11) is 2.08. The number of aromatic nitrogens is 2. The summed E-state index contributed by atoms with van der Waals surface area (Å²) in [5.41, 5.74) is 2.57. The van der Waals surface area contributed by atoms with E-state index in [0.29, 0.717) is 11.5 Å². The minimum atomic E-state index is -0.163. The highest BCUT2D eigenvalue weighted by Crippen LogP contribution is 2.25. The molecule has 5 heteroatoms. The van der Waals surface area contributed by atoms with Crippen molar-refractivity contribution >= 4 is 5.65 Å². The monoisotopic (exact) mass is 298 g/mol. The lowest BCUT2D eigenvalue weighted by Crippen LogP contribution is -2.34. The minimum Gasteiger partial charge on any atom is -0.393 e. The van der Waals surface area contributed by atoms with Crippen LogP contribution in [0.1, 0.15) is 36.9 Å². The van der Waals surface area contributed by atoms with Crippen LogP contribution in [0.4, 0.5) is 0 Å². The highest BCUT2D eigenvalue weighted by atomic mass is 16.3. The predicted octanol–water partition coefficient (Wildman–Crippen LogP) is 2.19. The van der Waals surface area contributed by atoms with Gasteiger partial charge in [0, 0.05) is 19.3 Å². The van der Waals surface area contributed by atoms with Crippen molar-refractivity contribution in [1.29, 1.82) is 5.26 Å². The Labute approximate surface area is 130 Å². The Hall–Kier alpha value is -1.90. The fourth-order valence-corrected chi connectivity index (χ4v) is 3.36. The molecule has 2 aromatic rings. The van der Waals surface area contributed by atoms with E-state index in [0.717, 1.165) is 43.7 Å². The zero-order valence-electron chi connectivity index (χ0n) is 12.9. The lowest BCUT2D eigenvalue weighted by Gasteiger charge is -2.31. The van der Waals surface area contributed by atoms with E-state index in [1.165, 1.54) is 6.42 Å². The maximum atomic E-state index is 10.1. The molecule has 0 aliphatic heterocycles. The first-order valence-corrected chi connectivity index (χ1v) is 7.90. The van der Waals surface area contributed by atoms with Gasteiger partial charge in [-0.05, 0) is 37.9 Å². The number of pyridine rings is 1. The van der Waals surface area contributed by atoms with Gasteiger partial charge in [0.2, 0.25) is 0 Å². The van der Waals surface area contributed by atoms with Crippen LogP contribution in [0.3, 0.4) is 0 Å². The largest absolute Gasteiger partial charge is 0.393 e. The molecule has 2 aromatic heterocycles. The molecule has 2 heterocycles. The molecule has 1 fully saturated rings. The maximum absolute atomic E-state index is 10.1. The second-order valence-electron chi connectivity index (χ2n) is 6.32. The molecule has 116 valence electrons. The van der Waals surface area contributed by atoms with Crippen LogP contribution >= 0.6 is 0 Å². The zero-order chi connectivity index (χ0) is 15.5. The van der Waals surface area contributed by atoms with Crippen LogP contribution in [0, 0.1) is 17.2 Å². The van der Waals surface area contributed by atoms with E-state index in [-0.39, 0.29) is 6.10 Å². The molecule has 2 unspecified atom stereocenters. The lowest BCUT2D eigenvalue weighted by molar-refractivity contribution is 0.0499. The number of aliphatic hydroxyl groups excluding tert-OH is 1. The van der Waals surface area contributed by atoms with Crippen LogP contribution in [0.25, 0.3) is 5.65 Å². The molecule has 2 atom stereocenters. The van der Waals surface area contributed by atoms with Crippen molar-refractivity contribution in [3.63, 3.8) is 0 Å². The van der Waals surface area contributed by atoms with Gasteiger partial charge < -0.3 is 14.4 Å². The van der Waals surface area contributed by atoms with Crippen molar-refractivity contribution in [1.82, 2.24) is 14.3 Å². The Morgan fingerprint density at radius 2 is 2.23 bits per heavy atom. The van der Waals surface area contributed by atoms with E-state index < -0.39 is 0 Å². The van der Waals surface area contributed by atoms with Crippen LogP contribution in [-0.4, -0.2) is 39.1 Å². The van der Waals surface area contributed by atoms with Crippen LogP contribution in [0.2, 0.25) is 0 Å². The summed E-state index contributed by atoms with van der Waals surface area (Å²) in [5, 5.41) is 19.1. The van der Waals surface area contributed by atoms with Gasteiger partial charge in [0.25, 0.3) is 0 Å². The van der Waals surface area contributed by atoms with Crippen molar-refractivity contribution in [2.75, 3.05) is 13.6 Å². The number of nitrogens with zero attached hydrogens (tertiary/aromatic N) is 4. The molecule has 1 saturated carbocycles. The van der Waals surface area contributed by atoms with Crippen molar-refractivity contribution in [3.8, 4) is 6.07 Å². The molecular weight excluding hydrogens is 276 g/mol. The van der Waals surface area contributed by atoms with E-state index in [9.17, 15) is 5.11 Å². The first kappa shape index (κ1) is 15.0. The number of fused-ring (bicyclic) bond motifs is 1. The van der Waals surface area contributed by atoms with Gasteiger partial charge in [-0.3, -0.25) is 0 Å². The number of rotatable bonds is 4. The minimum absolute atomic E-state index is 0.163. The van der Waals surface area contributed by atoms with Gasteiger partial charge in [0.1, 0.15) is 11.7 Å². The summed E-state index contributed by atoms with van der Waals surface area (Å²) in [6.07, 6.45) is 7.94. The SMILES string of the molecule is CN(Cc1cnc2ccc(C#N)cn12)CC1CCCCC1O. The van der Waals surface area contributed by atoms with Crippen LogP contribution in [-0.2, 0) is 6.54 Å². The van der Waals surface area contributed by atoms with Crippen molar-refractivity contribution in [2.45, 2.75) is 38.3 Å². The average molecular weight is 298 g/mol. The smallest absolute Gasteiger partial charge is 0.137 e. The van der Waals surface area contributed by atoms with E-state index in [1.54, 1.807) is 6.07 Å². The average Bonchev–Trinajstić information content (AvgIpc) is 2.91. The maximum Gasteiger partial charge on any atom is 0.137 e. The number of nitriles is 1. The predicted molar refractivity (Wildman–Crippen MR) is 84.2 cm³/mol. The van der Waals surface area contributed by atoms with E-state index in [2.05, 4.69) is 23.0 Å². The number of hydrogen-bond donors (Lipinski definition) is 1. The van der Waals surface area contributed by atoms with Gasteiger partial charge in [-0.25, -0.2) is 4.98 Å². The molecular formula is C17H22N4O. The quantitative estimate of drug-likeness (QED) is 0.939. The molecule has 0 saturated heterocycles. The standard InChI is InChI=1S/C17H22N4O/c1-20(11-14-4-2-3-5-16(14)22)12-15-9-19-17-7-6-13(8-18)10-21(15)17/h6-7,9-10,14,16,22H,2-5,11-12H2,1H3. The highest BCUT2D eigenvalue weighted by molar-refractivity contribution is 5.44. The molecule has 5 nitrogen and oxygen atoms in total. The molecule has 0 aromatic carbocycles. The fourth-order valence-electron chi connectivity index (χ4n) is 3.36. The summed E-state index contributed by atoms with van der Waals surface area (Å²) >= 11 is 0. The lowest BCUT2D eigenvalue weighted by atomic mass is 9.86. The van der Waals surface area contributed by atoms with Gasteiger partial charge >= 0.3 is 0 Å². The van der Waals surface area contributed by atoms with Gasteiger partial charge in [-0.1, -0.05) is 12.8 Å². The third kappa shape index (κ3) is 3.13. The Bertz CT molecular complexity index is 688. The Kier molecular flexibility index (Phi) is 4.41. The highest BCUT2D eigenvalue weighted by Gasteiger charge is 2.24. The first-order valence-electron chi connectivity index (χ1n) is 7.90. The van der Waals surface area contributed by atoms with Crippen LogP contribution in [0.5, 0.6) is 0 Å². The van der Waals surface area contributed by atoms with Gasteiger partial charge in [-0.15, -0.1) is 0 Å². The summed E-state index contributed by atoms with van der Waals surface area (Å²) in [6.45, 7) is 1.66. The van der Waals surface area contributed by atoms with Crippen molar-refractivity contribution in [2.24, 2.45) is 5.92 Å². The zero-order valence-corrected chi connectivity index (χ0v) is 12.9. The Balaban J connectivity index is 1.71. The molecule has 0 radical (unpaired) electrons. The number of imidazole rings is 1.